The molecule has 0 saturated carbocycles. The van der Waals surface area contributed by atoms with E-state index in [4.69, 9.17) is 4.74 Å². The van der Waals surface area contributed by atoms with Crippen LogP contribution in [0.4, 0.5) is 0 Å². The van der Waals surface area contributed by atoms with Gasteiger partial charge in [-0.05, 0) is 55.7 Å². The first-order valence-electron chi connectivity index (χ1n) is 13.0. The molecule has 37 heavy (non-hydrogen) atoms. The molecule has 7 nitrogen and oxygen atoms in total. The fourth-order valence-corrected chi connectivity index (χ4v) is 4.66. The molecule has 0 unspecified atom stereocenters. The average Bonchev–Trinajstić information content (AvgIpc) is 3.38. The van der Waals surface area contributed by atoms with Crippen LogP contribution in [0.3, 0.4) is 0 Å². The summed E-state index contributed by atoms with van der Waals surface area (Å²) in [7, 11) is 0. The fourth-order valence-electron chi connectivity index (χ4n) is 4.66. The van der Waals surface area contributed by atoms with Crippen molar-refractivity contribution in [3.05, 3.63) is 90.3 Å². The van der Waals surface area contributed by atoms with E-state index in [0.29, 0.717) is 49.4 Å². The number of hydrogen-bond donors (Lipinski definition) is 1. The summed E-state index contributed by atoms with van der Waals surface area (Å²) in [4.78, 5) is 32.8. The molecular formula is C30H32N4O3. The number of benzene rings is 2. The van der Waals surface area contributed by atoms with Crippen LogP contribution < -0.4 is 10.1 Å². The molecule has 2 amide bonds. The molecule has 1 fully saturated rings. The molecular weight excluding hydrogens is 464 g/mol. The Morgan fingerprint density at radius 2 is 1.84 bits per heavy atom. The van der Waals surface area contributed by atoms with Crippen LogP contribution in [-0.2, 0) is 0 Å². The molecule has 190 valence electrons. The van der Waals surface area contributed by atoms with Gasteiger partial charge in [-0.15, -0.1) is 0 Å². The minimum absolute atomic E-state index is 0.00469. The highest BCUT2D eigenvalue weighted by Gasteiger charge is 2.26. The smallest absolute Gasteiger partial charge is 0.255 e. The van der Waals surface area contributed by atoms with Crippen LogP contribution in [0.2, 0.25) is 0 Å². The Bertz CT molecular complexity index is 1360. The number of hydrogen-bond acceptors (Lipinski definition) is 4. The van der Waals surface area contributed by atoms with Gasteiger partial charge in [0.15, 0.2) is 0 Å². The zero-order chi connectivity index (χ0) is 25.6. The van der Waals surface area contributed by atoms with Crippen LogP contribution in [0.15, 0.2) is 79.1 Å². The molecule has 2 aromatic heterocycles. The van der Waals surface area contributed by atoms with E-state index in [1.807, 2.05) is 82.4 Å². The maximum absolute atomic E-state index is 13.3. The number of piperidine rings is 1. The van der Waals surface area contributed by atoms with Crippen molar-refractivity contribution in [2.24, 2.45) is 0 Å². The van der Waals surface area contributed by atoms with Gasteiger partial charge in [0.05, 0.1) is 17.9 Å². The van der Waals surface area contributed by atoms with Crippen molar-refractivity contribution < 1.29 is 14.3 Å². The van der Waals surface area contributed by atoms with Crippen molar-refractivity contribution in [3.63, 3.8) is 0 Å². The summed E-state index contributed by atoms with van der Waals surface area (Å²) in [6, 6.07) is 20.9. The number of fused-ring (bicyclic) bond motifs is 1. The van der Waals surface area contributed by atoms with E-state index < -0.39 is 0 Å². The Hall–Kier alpha value is -4.13. The number of pyridine rings is 1. The third kappa shape index (κ3) is 5.66. The Balaban J connectivity index is 1.19. The topological polar surface area (TPSA) is 75.9 Å². The van der Waals surface area contributed by atoms with Gasteiger partial charge >= 0.3 is 0 Å². The van der Waals surface area contributed by atoms with Crippen LogP contribution in [0, 0.1) is 0 Å². The molecule has 1 aliphatic rings. The molecule has 2 aromatic carbocycles. The number of imidazole rings is 1. The van der Waals surface area contributed by atoms with E-state index in [9.17, 15) is 9.59 Å². The van der Waals surface area contributed by atoms with E-state index in [0.717, 1.165) is 29.7 Å². The number of nitrogens with one attached hydrogen (secondary N) is 1. The number of rotatable bonds is 8. The molecule has 0 aliphatic carbocycles. The monoisotopic (exact) mass is 496 g/mol. The first kappa shape index (κ1) is 24.6. The lowest BCUT2D eigenvalue weighted by molar-refractivity contribution is 0.0698. The summed E-state index contributed by atoms with van der Waals surface area (Å²) in [5.74, 6) is 0.494. The Kier molecular flexibility index (Phi) is 7.49. The normalized spacial score (nSPS) is 14.0. The Morgan fingerprint density at radius 3 is 2.65 bits per heavy atom. The van der Waals surface area contributed by atoms with Crippen molar-refractivity contribution in [3.8, 4) is 17.0 Å². The highest BCUT2D eigenvalue weighted by Crippen LogP contribution is 2.23. The molecule has 3 heterocycles. The molecule has 7 heteroatoms. The van der Waals surface area contributed by atoms with Crippen molar-refractivity contribution >= 4 is 17.5 Å². The maximum atomic E-state index is 13.3. The van der Waals surface area contributed by atoms with E-state index >= 15 is 0 Å². The van der Waals surface area contributed by atoms with Gasteiger partial charge in [-0.2, -0.15) is 0 Å². The lowest BCUT2D eigenvalue weighted by Gasteiger charge is -2.32. The maximum Gasteiger partial charge on any atom is 0.255 e. The summed E-state index contributed by atoms with van der Waals surface area (Å²) in [5, 5.41) is 3.14. The first-order valence-corrected chi connectivity index (χ1v) is 13.0. The number of nitrogens with zero attached hydrogens (tertiary/aromatic N) is 3. The van der Waals surface area contributed by atoms with Crippen molar-refractivity contribution in [2.45, 2.75) is 38.6 Å². The lowest BCUT2D eigenvalue weighted by atomic mass is 10.0. The van der Waals surface area contributed by atoms with Crippen LogP contribution in [0.1, 0.15) is 53.3 Å². The zero-order valence-electron chi connectivity index (χ0n) is 21.1. The lowest BCUT2D eigenvalue weighted by Crippen LogP contribution is -2.46. The largest absolute Gasteiger partial charge is 0.493 e. The summed E-state index contributed by atoms with van der Waals surface area (Å²) in [5.41, 5.74) is 3.82. The predicted molar refractivity (Wildman–Crippen MR) is 144 cm³/mol. The molecule has 0 radical (unpaired) electrons. The van der Waals surface area contributed by atoms with Crippen molar-refractivity contribution in [1.82, 2.24) is 19.6 Å². The van der Waals surface area contributed by atoms with E-state index in [1.54, 1.807) is 6.07 Å². The predicted octanol–water partition coefficient (Wildman–Crippen LogP) is 5.21. The molecule has 0 bridgehead atoms. The number of carbonyl (C=O) groups excluding carboxylic acids is 2. The van der Waals surface area contributed by atoms with Gasteiger partial charge < -0.3 is 19.4 Å². The molecule has 1 N–H and O–H groups in total. The first-order chi connectivity index (χ1) is 18.1. The quantitative estimate of drug-likeness (QED) is 0.340. The van der Waals surface area contributed by atoms with Gasteiger partial charge in [-0.25, -0.2) is 4.98 Å². The molecule has 4 aromatic rings. The van der Waals surface area contributed by atoms with Crippen LogP contribution in [-0.4, -0.2) is 51.8 Å². The van der Waals surface area contributed by atoms with Gasteiger partial charge in [0, 0.05) is 42.7 Å². The van der Waals surface area contributed by atoms with Gasteiger partial charge in [0.1, 0.15) is 11.4 Å². The number of carbonyl (C=O) groups is 2. The highest BCUT2D eigenvalue weighted by molar-refractivity contribution is 5.97. The zero-order valence-corrected chi connectivity index (χ0v) is 21.1. The number of unbranched alkanes of at least 4 members (excludes halogenated alkanes) is 1. The van der Waals surface area contributed by atoms with E-state index in [2.05, 4.69) is 17.2 Å². The number of para-hydroxylation sites is 1. The second kappa shape index (κ2) is 11.3. The number of likely N-dealkylation sites (tertiary alicyclic amines) is 1. The highest BCUT2D eigenvalue weighted by atomic mass is 16.5. The van der Waals surface area contributed by atoms with Crippen LogP contribution >= 0.6 is 0 Å². The molecule has 0 spiro atoms. The average molecular weight is 497 g/mol. The molecule has 5 rings (SSSR count). The second-order valence-electron chi connectivity index (χ2n) is 9.41. The third-order valence-electron chi connectivity index (χ3n) is 6.77. The molecule has 1 saturated heterocycles. The molecule has 0 atom stereocenters. The SMILES string of the molecule is CCCCOc1ccccc1C(=O)NC1CCN(C(=O)c2cccc(-c3cn4ccccc4n3)c2)CC1. The second-order valence-corrected chi connectivity index (χ2v) is 9.41. The number of aromatic nitrogens is 2. The number of ether oxygens (including phenoxy) is 1. The van der Waals surface area contributed by atoms with Gasteiger partial charge in [0.2, 0.25) is 0 Å². The Morgan fingerprint density at radius 1 is 1.03 bits per heavy atom. The third-order valence-corrected chi connectivity index (χ3v) is 6.77. The van der Waals surface area contributed by atoms with Gasteiger partial charge in [-0.1, -0.05) is 43.7 Å². The minimum atomic E-state index is -0.128. The summed E-state index contributed by atoms with van der Waals surface area (Å²) >= 11 is 0. The standard InChI is InChI=1S/C30H32N4O3/c1-2-3-19-37-27-12-5-4-11-25(27)29(35)31-24-14-17-33(18-15-24)30(36)23-10-8-9-22(20-23)26-21-34-16-7-6-13-28(34)32-26/h4-13,16,20-21,24H,2-3,14-15,17-19H2,1H3,(H,31,35). The van der Waals surface area contributed by atoms with Crippen LogP contribution in [0.25, 0.3) is 16.9 Å². The number of amides is 2. The summed E-state index contributed by atoms with van der Waals surface area (Å²) in [6.45, 7) is 3.89. The summed E-state index contributed by atoms with van der Waals surface area (Å²) < 4.78 is 7.80. The van der Waals surface area contributed by atoms with Crippen molar-refractivity contribution in [2.75, 3.05) is 19.7 Å². The Labute approximate surface area is 217 Å². The van der Waals surface area contributed by atoms with E-state index in [-0.39, 0.29) is 17.9 Å². The van der Waals surface area contributed by atoms with Crippen LogP contribution in [0.5, 0.6) is 5.75 Å². The van der Waals surface area contributed by atoms with Gasteiger partial charge in [-0.3, -0.25) is 9.59 Å². The minimum Gasteiger partial charge on any atom is -0.493 e. The van der Waals surface area contributed by atoms with Crippen molar-refractivity contribution in [1.29, 1.82) is 0 Å². The van der Waals surface area contributed by atoms with Gasteiger partial charge in [0.25, 0.3) is 11.8 Å². The van der Waals surface area contributed by atoms with E-state index in [1.165, 1.54) is 0 Å². The summed E-state index contributed by atoms with van der Waals surface area (Å²) in [6.07, 6.45) is 7.34. The fraction of sp³-hybridized carbons (Fsp3) is 0.300. The molecule has 1 aliphatic heterocycles.